The summed E-state index contributed by atoms with van der Waals surface area (Å²) in [5.74, 6) is -0.988. The number of rotatable bonds is 6. The molecule has 1 aromatic heterocycles. The zero-order chi connectivity index (χ0) is 25.0. The molecule has 0 N–H and O–H groups in total. The first kappa shape index (κ1) is 25.6. The van der Waals surface area contributed by atoms with Crippen LogP contribution in [0.5, 0.6) is 0 Å². The molecule has 8 nitrogen and oxygen atoms in total. The summed E-state index contributed by atoms with van der Waals surface area (Å²) in [5.41, 5.74) is 0.955. The van der Waals surface area contributed by atoms with Gasteiger partial charge in [-0.2, -0.15) is 9.30 Å². The van der Waals surface area contributed by atoms with E-state index in [0.29, 0.717) is 28.4 Å². The number of amides is 1. The molecule has 0 bridgehead atoms. The molecule has 0 saturated carbocycles. The van der Waals surface area contributed by atoms with Crippen molar-refractivity contribution in [2.24, 2.45) is 4.99 Å². The molecule has 11 heteroatoms. The highest BCUT2D eigenvalue weighted by Crippen LogP contribution is 2.23. The Morgan fingerprint density at radius 1 is 1.06 bits per heavy atom. The summed E-state index contributed by atoms with van der Waals surface area (Å²) >= 11 is 7.34. The van der Waals surface area contributed by atoms with E-state index < -0.39 is 21.9 Å². The van der Waals surface area contributed by atoms with E-state index in [1.54, 1.807) is 29.7 Å². The fraction of sp³-hybridized carbons (Fsp3) is 0.375. The predicted octanol–water partition coefficient (Wildman–Crippen LogP) is 4.23. The minimum atomic E-state index is -3.61. The zero-order valence-corrected chi connectivity index (χ0v) is 21.7. The lowest BCUT2D eigenvalue weighted by Crippen LogP contribution is -2.31. The fourth-order valence-electron chi connectivity index (χ4n) is 3.97. The molecule has 0 unspecified atom stereocenters. The molecule has 4 rings (SSSR count). The van der Waals surface area contributed by atoms with Gasteiger partial charge >= 0.3 is 5.97 Å². The molecule has 1 aliphatic rings. The smallest absolute Gasteiger partial charge is 0.326 e. The van der Waals surface area contributed by atoms with E-state index in [0.717, 1.165) is 30.4 Å². The minimum Gasteiger partial charge on any atom is -0.465 e. The van der Waals surface area contributed by atoms with Crippen molar-refractivity contribution >= 4 is 55.1 Å². The second-order valence-corrected chi connectivity index (χ2v) is 11.5. The number of sulfonamides is 1. The maximum absolute atomic E-state index is 13.0. The van der Waals surface area contributed by atoms with Crippen molar-refractivity contribution in [1.82, 2.24) is 8.87 Å². The molecule has 1 amide bonds. The highest BCUT2D eigenvalue weighted by molar-refractivity contribution is 7.89. The van der Waals surface area contributed by atoms with E-state index >= 15 is 0 Å². The summed E-state index contributed by atoms with van der Waals surface area (Å²) < 4.78 is 35.0. The van der Waals surface area contributed by atoms with Crippen molar-refractivity contribution in [2.75, 3.05) is 19.7 Å². The van der Waals surface area contributed by atoms with Gasteiger partial charge in [-0.25, -0.2) is 8.42 Å². The molecular weight excluding hydrogens is 510 g/mol. The van der Waals surface area contributed by atoms with Crippen LogP contribution in [-0.2, 0) is 26.1 Å². The summed E-state index contributed by atoms with van der Waals surface area (Å²) in [6.07, 6.45) is 3.75. The van der Waals surface area contributed by atoms with Gasteiger partial charge in [0.2, 0.25) is 10.0 Å². The number of esters is 1. The lowest BCUT2D eigenvalue weighted by atomic mass is 10.2. The van der Waals surface area contributed by atoms with Gasteiger partial charge in [-0.1, -0.05) is 35.8 Å². The van der Waals surface area contributed by atoms with Gasteiger partial charge in [0.1, 0.15) is 6.54 Å². The Bertz CT molecular complexity index is 1400. The Hall–Kier alpha value is -2.53. The van der Waals surface area contributed by atoms with Crippen LogP contribution in [0.15, 0.2) is 52.4 Å². The van der Waals surface area contributed by atoms with Gasteiger partial charge in [-0.05, 0) is 62.2 Å². The van der Waals surface area contributed by atoms with Crippen molar-refractivity contribution in [3.8, 4) is 0 Å². The molecule has 0 aliphatic carbocycles. The fourth-order valence-corrected chi connectivity index (χ4v) is 6.79. The summed E-state index contributed by atoms with van der Waals surface area (Å²) in [4.78, 5) is 29.8. The number of ether oxygens (including phenoxy) is 1. The van der Waals surface area contributed by atoms with Gasteiger partial charge in [-0.15, -0.1) is 0 Å². The van der Waals surface area contributed by atoms with Crippen molar-refractivity contribution in [3.63, 3.8) is 0 Å². The van der Waals surface area contributed by atoms with Crippen LogP contribution in [0, 0.1) is 0 Å². The van der Waals surface area contributed by atoms with E-state index in [9.17, 15) is 18.0 Å². The number of aromatic nitrogens is 1. The molecule has 2 aromatic carbocycles. The Balaban J connectivity index is 1.64. The topological polar surface area (TPSA) is 98.0 Å². The van der Waals surface area contributed by atoms with Gasteiger partial charge in [0.15, 0.2) is 4.80 Å². The summed E-state index contributed by atoms with van der Waals surface area (Å²) in [6, 6.07) is 11.0. The summed E-state index contributed by atoms with van der Waals surface area (Å²) in [5, 5.41) is 0.529. The van der Waals surface area contributed by atoms with Gasteiger partial charge in [-0.3, -0.25) is 9.59 Å². The maximum Gasteiger partial charge on any atom is 0.326 e. The molecule has 0 spiro atoms. The number of fused-ring (bicyclic) bond motifs is 1. The van der Waals surface area contributed by atoms with E-state index in [2.05, 4.69) is 4.99 Å². The van der Waals surface area contributed by atoms with E-state index in [1.807, 2.05) is 0 Å². The van der Waals surface area contributed by atoms with Crippen LogP contribution in [0.25, 0.3) is 10.2 Å². The van der Waals surface area contributed by atoms with Crippen LogP contribution >= 0.6 is 22.9 Å². The predicted molar refractivity (Wildman–Crippen MR) is 135 cm³/mol. The molecular formula is C24H26ClN3O5S2. The molecule has 3 aromatic rings. The van der Waals surface area contributed by atoms with Crippen molar-refractivity contribution in [1.29, 1.82) is 0 Å². The quantitative estimate of drug-likeness (QED) is 0.440. The third-order valence-electron chi connectivity index (χ3n) is 5.74. The average Bonchev–Trinajstić information content (AvgIpc) is 3.00. The molecule has 35 heavy (non-hydrogen) atoms. The maximum atomic E-state index is 13.0. The number of hydrogen-bond acceptors (Lipinski definition) is 6. The lowest BCUT2D eigenvalue weighted by Gasteiger charge is -2.19. The highest BCUT2D eigenvalue weighted by atomic mass is 35.5. The molecule has 186 valence electrons. The first-order chi connectivity index (χ1) is 16.8. The van der Waals surface area contributed by atoms with E-state index in [1.165, 1.54) is 39.9 Å². The van der Waals surface area contributed by atoms with Crippen LogP contribution in [0.3, 0.4) is 0 Å². The highest BCUT2D eigenvalue weighted by Gasteiger charge is 2.25. The lowest BCUT2D eigenvalue weighted by molar-refractivity contribution is -0.143. The second-order valence-electron chi connectivity index (χ2n) is 8.15. The second kappa shape index (κ2) is 11.0. The first-order valence-electron chi connectivity index (χ1n) is 11.4. The van der Waals surface area contributed by atoms with Gasteiger partial charge in [0.05, 0.1) is 21.7 Å². The summed E-state index contributed by atoms with van der Waals surface area (Å²) in [6.45, 7) is 2.88. The molecule has 1 saturated heterocycles. The Labute approximate surface area is 212 Å². The van der Waals surface area contributed by atoms with Crippen molar-refractivity contribution < 1.29 is 22.7 Å². The number of carbonyl (C=O) groups is 2. The molecule has 1 fully saturated rings. The molecule has 1 aliphatic heterocycles. The number of benzene rings is 2. The van der Waals surface area contributed by atoms with Crippen molar-refractivity contribution in [3.05, 3.63) is 57.9 Å². The number of thiazole rings is 1. The van der Waals surface area contributed by atoms with Crippen LogP contribution in [0.4, 0.5) is 0 Å². The monoisotopic (exact) mass is 535 g/mol. The Kier molecular flexibility index (Phi) is 8.05. The molecule has 0 radical (unpaired) electrons. The largest absolute Gasteiger partial charge is 0.465 e. The number of halogens is 1. The Morgan fingerprint density at radius 2 is 1.74 bits per heavy atom. The number of nitrogens with zero attached hydrogens (tertiary/aromatic N) is 3. The zero-order valence-electron chi connectivity index (χ0n) is 19.3. The SMILES string of the molecule is CCOC(=O)Cn1c(=NC(=O)c2ccc(S(=O)(=O)N3CCCCCC3)cc2)sc2cc(Cl)ccc21. The van der Waals surface area contributed by atoms with Crippen LogP contribution in [0.1, 0.15) is 43.0 Å². The molecule has 2 heterocycles. The Morgan fingerprint density at radius 3 is 2.40 bits per heavy atom. The standard InChI is InChI=1S/C24H26ClN3O5S2/c1-2-33-22(29)16-28-20-12-9-18(25)15-21(20)34-24(28)26-23(30)17-7-10-19(11-8-17)35(31,32)27-13-5-3-4-6-14-27/h7-12,15H,2-6,13-14,16H2,1H3. The third kappa shape index (κ3) is 5.83. The molecule has 0 atom stereocenters. The summed E-state index contributed by atoms with van der Waals surface area (Å²) in [7, 11) is -3.61. The van der Waals surface area contributed by atoms with E-state index in [-0.39, 0.29) is 23.6 Å². The minimum absolute atomic E-state index is 0.103. The van der Waals surface area contributed by atoms with Gasteiger partial charge in [0, 0.05) is 23.7 Å². The van der Waals surface area contributed by atoms with Crippen LogP contribution in [-0.4, -0.2) is 48.9 Å². The first-order valence-corrected chi connectivity index (χ1v) is 14.1. The number of carbonyl (C=O) groups excluding carboxylic acids is 2. The van der Waals surface area contributed by atoms with Crippen LogP contribution < -0.4 is 4.80 Å². The van der Waals surface area contributed by atoms with E-state index in [4.69, 9.17) is 16.3 Å². The van der Waals surface area contributed by atoms with Gasteiger partial charge < -0.3 is 9.30 Å². The number of hydrogen-bond donors (Lipinski definition) is 0. The van der Waals surface area contributed by atoms with Crippen LogP contribution in [0.2, 0.25) is 5.02 Å². The van der Waals surface area contributed by atoms with Gasteiger partial charge in [0.25, 0.3) is 5.91 Å². The average molecular weight is 536 g/mol. The third-order valence-corrected chi connectivity index (χ3v) is 8.93. The normalized spacial score (nSPS) is 15.8. The van der Waals surface area contributed by atoms with Crippen molar-refractivity contribution in [2.45, 2.75) is 44.0 Å².